The molecule has 0 bridgehead atoms. The van der Waals surface area contributed by atoms with Crippen molar-refractivity contribution in [2.24, 2.45) is 39.6 Å². The molecule has 0 aromatic heterocycles. The van der Waals surface area contributed by atoms with Crippen molar-refractivity contribution in [1.29, 1.82) is 0 Å². The highest BCUT2D eigenvalue weighted by Gasteiger charge is 2.40. The van der Waals surface area contributed by atoms with Crippen LogP contribution in [0.25, 0.3) is 5.57 Å². The lowest BCUT2D eigenvalue weighted by atomic mass is 9.76. The van der Waals surface area contributed by atoms with Crippen LogP contribution in [0.3, 0.4) is 0 Å². The first kappa shape index (κ1) is 30.5. The fourth-order valence-corrected chi connectivity index (χ4v) is 9.01. The quantitative estimate of drug-likeness (QED) is 0.230. The minimum atomic E-state index is 0.296. The maximum Gasteiger partial charge on any atom is 0.0800 e. The van der Waals surface area contributed by atoms with Gasteiger partial charge < -0.3 is 0 Å². The third-order valence-electron chi connectivity index (χ3n) is 11.8. The predicted molar refractivity (Wildman–Crippen MR) is 191 cm³/mol. The highest BCUT2D eigenvalue weighted by Crippen LogP contribution is 2.53. The average molecular weight is 597 g/mol. The summed E-state index contributed by atoms with van der Waals surface area (Å²) in [6.45, 7) is 4.64. The van der Waals surface area contributed by atoms with Crippen LogP contribution in [0.4, 0.5) is 0 Å². The minimum absolute atomic E-state index is 0.296. The first-order valence-corrected chi connectivity index (χ1v) is 18.3. The summed E-state index contributed by atoms with van der Waals surface area (Å²) in [4.78, 5) is 10.3. The van der Waals surface area contributed by atoms with Crippen molar-refractivity contribution in [2.75, 3.05) is 0 Å². The molecular weight excluding hydrogens is 544 g/mol. The van der Waals surface area contributed by atoms with Crippen LogP contribution in [0.1, 0.15) is 109 Å². The second kappa shape index (κ2) is 14.1. The molecule has 45 heavy (non-hydrogen) atoms. The van der Waals surface area contributed by atoms with Crippen molar-refractivity contribution >= 4 is 17.3 Å². The largest absolute Gasteiger partial charge is 0.239 e. The van der Waals surface area contributed by atoms with Crippen LogP contribution >= 0.6 is 0 Å². The molecule has 2 heteroatoms. The molecule has 0 N–H and O–H groups in total. The van der Waals surface area contributed by atoms with Crippen molar-refractivity contribution in [1.82, 2.24) is 0 Å². The van der Waals surface area contributed by atoms with Crippen molar-refractivity contribution < 1.29 is 0 Å². The molecule has 0 spiro atoms. The number of allylic oxidation sites excluding steroid dienone is 11. The third-order valence-corrected chi connectivity index (χ3v) is 11.8. The molecular formula is C43H52N2. The lowest BCUT2D eigenvalue weighted by Crippen LogP contribution is -2.20. The van der Waals surface area contributed by atoms with Gasteiger partial charge in [-0.3, -0.25) is 0 Å². The van der Waals surface area contributed by atoms with Gasteiger partial charge in [-0.25, -0.2) is 9.98 Å². The Balaban J connectivity index is 1.24. The molecule has 1 aromatic rings. The molecule has 234 valence electrons. The van der Waals surface area contributed by atoms with Gasteiger partial charge in [-0.05, 0) is 136 Å². The van der Waals surface area contributed by atoms with Gasteiger partial charge in [-0.15, -0.1) is 0 Å². The Morgan fingerprint density at radius 3 is 2.16 bits per heavy atom. The monoisotopic (exact) mass is 596 g/mol. The van der Waals surface area contributed by atoms with Gasteiger partial charge in [-0.2, -0.15) is 0 Å². The summed E-state index contributed by atoms with van der Waals surface area (Å²) in [5, 5.41) is 0. The smallest absolute Gasteiger partial charge is 0.0800 e. The maximum absolute atomic E-state index is 5.16. The van der Waals surface area contributed by atoms with Crippen LogP contribution in [0.2, 0.25) is 0 Å². The lowest BCUT2D eigenvalue weighted by Gasteiger charge is -2.28. The number of rotatable bonds is 6. The van der Waals surface area contributed by atoms with Gasteiger partial charge in [0.2, 0.25) is 0 Å². The molecule has 6 aliphatic carbocycles. The Hall–Kier alpha value is -3.18. The van der Waals surface area contributed by atoms with E-state index in [-0.39, 0.29) is 0 Å². The Bertz CT molecular complexity index is 1530. The highest BCUT2D eigenvalue weighted by molar-refractivity contribution is 5.92. The molecule has 0 aliphatic heterocycles. The van der Waals surface area contributed by atoms with Crippen LogP contribution < -0.4 is 0 Å². The molecule has 2 nitrogen and oxygen atoms in total. The Labute approximate surface area is 272 Å². The Morgan fingerprint density at radius 1 is 0.711 bits per heavy atom. The van der Waals surface area contributed by atoms with Crippen LogP contribution in [0.15, 0.2) is 105 Å². The molecule has 7 rings (SSSR count). The molecule has 2 saturated carbocycles. The van der Waals surface area contributed by atoms with Gasteiger partial charge in [0.15, 0.2) is 0 Å². The van der Waals surface area contributed by atoms with E-state index in [1.54, 1.807) is 11.1 Å². The van der Waals surface area contributed by atoms with E-state index in [9.17, 15) is 0 Å². The van der Waals surface area contributed by atoms with Crippen LogP contribution in [-0.4, -0.2) is 23.8 Å². The van der Waals surface area contributed by atoms with E-state index in [2.05, 4.69) is 92.4 Å². The van der Waals surface area contributed by atoms with E-state index < -0.39 is 0 Å². The van der Waals surface area contributed by atoms with Crippen LogP contribution in [0.5, 0.6) is 0 Å². The summed E-state index contributed by atoms with van der Waals surface area (Å²) < 4.78 is 0. The summed E-state index contributed by atoms with van der Waals surface area (Å²) in [5.74, 6) is 10.2. The maximum atomic E-state index is 5.16. The zero-order valence-electron chi connectivity index (χ0n) is 27.7. The molecule has 1 aromatic carbocycles. The molecule has 6 aliphatic rings. The van der Waals surface area contributed by atoms with E-state index in [0.29, 0.717) is 41.7 Å². The fourth-order valence-electron chi connectivity index (χ4n) is 9.01. The Kier molecular flexibility index (Phi) is 9.53. The van der Waals surface area contributed by atoms with Gasteiger partial charge in [0, 0.05) is 23.0 Å². The van der Waals surface area contributed by atoms with Gasteiger partial charge in [-0.1, -0.05) is 92.1 Å². The number of hydrogen-bond acceptors (Lipinski definition) is 2. The highest BCUT2D eigenvalue weighted by atomic mass is 14.8. The number of nitrogens with zero attached hydrogens (tertiary/aromatic N) is 2. The molecule has 7 unspecified atom stereocenters. The van der Waals surface area contributed by atoms with E-state index in [1.807, 2.05) is 0 Å². The number of aliphatic imine (C=N–C) groups is 2. The van der Waals surface area contributed by atoms with Crippen molar-refractivity contribution in [3.05, 3.63) is 100 Å². The summed E-state index contributed by atoms with van der Waals surface area (Å²) >= 11 is 0. The zero-order valence-corrected chi connectivity index (χ0v) is 27.7. The summed E-state index contributed by atoms with van der Waals surface area (Å²) in [6, 6.07) is 11.7. The third kappa shape index (κ3) is 6.84. The molecule has 0 saturated heterocycles. The first-order valence-electron chi connectivity index (χ1n) is 18.3. The molecule has 7 atom stereocenters. The summed E-state index contributed by atoms with van der Waals surface area (Å²) in [6.07, 6.45) is 32.1. The van der Waals surface area contributed by atoms with Gasteiger partial charge in [0.1, 0.15) is 0 Å². The van der Waals surface area contributed by atoms with Crippen LogP contribution in [-0.2, 0) is 0 Å². The molecule has 0 heterocycles. The Morgan fingerprint density at radius 2 is 1.44 bits per heavy atom. The second-order valence-corrected chi connectivity index (χ2v) is 14.8. The minimum Gasteiger partial charge on any atom is -0.239 e. The van der Waals surface area contributed by atoms with Crippen molar-refractivity contribution in [2.45, 2.75) is 116 Å². The molecule has 0 amide bonds. The lowest BCUT2D eigenvalue weighted by molar-refractivity contribution is 0.334. The second-order valence-electron chi connectivity index (χ2n) is 14.8. The fraction of sp³-hybridized carbons (Fsp3) is 0.535. The zero-order chi connectivity index (χ0) is 30.6. The molecule has 2 fully saturated rings. The number of hydrogen-bond donors (Lipinski definition) is 0. The SMILES string of the molecule is CC1=CCCCC1N=C=C(C1=CCCC=C1)C1C=C2C3=CC(C(=C=NC4CCCCC4C)c4ccccc4)CCC3CC2CC1. The van der Waals surface area contributed by atoms with Crippen molar-refractivity contribution in [3.63, 3.8) is 0 Å². The van der Waals surface area contributed by atoms with E-state index in [0.717, 1.165) is 19.3 Å². The number of benzene rings is 1. The summed E-state index contributed by atoms with van der Waals surface area (Å²) in [7, 11) is 0. The normalized spacial score (nSPS) is 32.4. The van der Waals surface area contributed by atoms with E-state index in [1.165, 1.54) is 98.5 Å². The molecule has 0 radical (unpaired) electrons. The van der Waals surface area contributed by atoms with Gasteiger partial charge >= 0.3 is 0 Å². The first-order chi connectivity index (χ1) is 22.1. The topological polar surface area (TPSA) is 24.7 Å². The average Bonchev–Trinajstić information content (AvgIpc) is 3.45. The predicted octanol–water partition coefficient (Wildman–Crippen LogP) is 11.0. The van der Waals surface area contributed by atoms with E-state index in [4.69, 9.17) is 9.98 Å². The van der Waals surface area contributed by atoms with Crippen LogP contribution in [0, 0.1) is 29.6 Å². The van der Waals surface area contributed by atoms with Gasteiger partial charge in [0.05, 0.1) is 12.1 Å². The summed E-state index contributed by atoms with van der Waals surface area (Å²) in [5.41, 5.74) is 9.97. The standard InChI is InChI=1S/C43H52N2/c1-30-13-9-11-19-42(30)44-28-40(32-15-5-3-6-16-32)36-23-21-34-25-35-22-24-37(27-39(35)38(34)26-36)41(33-17-7-4-8-18-33)29-45-43-20-12-10-14-31(43)2/h3,5-7,14-18,26-27,30,34-37,42-43H,4,8-13,19-25H2,1-2H3. The van der Waals surface area contributed by atoms with Gasteiger partial charge in [0.25, 0.3) is 0 Å². The number of fused-ring (bicyclic) bond motifs is 3. The van der Waals surface area contributed by atoms with Crippen molar-refractivity contribution in [3.8, 4) is 0 Å². The van der Waals surface area contributed by atoms with E-state index >= 15 is 0 Å².